The third-order valence-electron chi connectivity index (χ3n) is 3.36. The second-order valence-electron chi connectivity index (χ2n) is 4.90. The molecule has 0 spiro atoms. The normalized spacial score (nSPS) is 18.9. The van der Waals surface area contributed by atoms with Gasteiger partial charge in [0, 0.05) is 12.8 Å². The van der Waals surface area contributed by atoms with Crippen LogP contribution in [0.25, 0.3) is 0 Å². The Bertz CT molecular complexity index is 342. The molecular weight excluding hydrogens is 328 g/mol. The summed E-state index contributed by atoms with van der Waals surface area (Å²) in [7, 11) is 0. The topological polar surface area (TPSA) is 34.1 Å². The highest BCUT2D eigenvalue weighted by Gasteiger charge is 2.11. The monoisotopic (exact) mass is 348 g/mol. The maximum absolute atomic E-state index is 5.67. The van der Waals surface area contributed by atoms with Crippen molar-refractivity contribution in [1.29, 1.82) is 0 Å². The molecule has 0 radical (unpaired) electrons. The Hall–Kier alpha value is -0.160. The summed E-state index contributed by atoms with van der Waals surface area (Å²) in [4.78, 5) is 4.18. The Morgan fingerprint density at radius 1 is 1.42 bits per heavy atom. The van der Waals surface area contributed by atoms with Crippen LogP contribution in [0.15, 0.2) is 22.9 Å². The number of piperidine rings is 1. The van der Waals surface area contributed by atoms with Gasteiger partial charge in [-0.2, -0.15) is 0 Å². The first-order valence-electron chi connectivity index (χ1n) is 6.73. The summed E-state index contributed by atoms with van der Waals surface area (Å²) in [6.45, 7) is 3.91. The van der Waals surface area contributed by atoms with Crippen LogP contribution in [0.1, 0.15) is 31.2 Å². The number of hydrogen-bond acceptors (Lipinski definition) is 3. The van der Waals surface area contributed by atoms with Crippen molar-refractivity contribution in [2.24, 2.45) is 5.92 Å². The maximum atomic E-state index is 5.67. The Kier molecular flexibility index (Phi) is 8.62. The van der Waals surface area contributed by atoms with E-state index >= 15 is 0 Å². The van der Waals surface area contributed by atoms with Crippen LogP contribution in [0.2, 0.25) is 0 Å². The highest BCUT2D eigenvalue weighted by Crippen LogP contribution is 2.16. The second kappa shape index (κ2) is 9.70. The molecule has 108 valence electrons. The molecule has 1 aliphatic rings. The van der Waals surface area contributed by atoms with Crippen LogP contribution < -0.4 is 5.32 Å². The van der Waals surface area contributed by atoms with Crippen molar-refractivity contribution in [1.82, 2.24) is 10.3 Å². The van der Waals surface area contributed by atoms with Crippen LogP contribution in [0, 0.1) is 5.92 Å². The molecule has 0 saturated carbocycles. The lowest BCUT2D eigenvalue weighted by atomic mass is 9.95. The molecule has 1 N–H and O–H groups in total. The molecule has 0 amide bonds. The standard InChI is InChI=1S/C14H21BrN2O.ClH/c15-14-6-5-13(10-17-14)11-18-8-2-4-12-3-1-7-16-9-12;/h5-6,10,12,16H,1-4,7-9,11H2;1H. The molecule has 1 fully saturated rings. The van der Waals surface area contributed by atoms with Crippen LogP contribution in [-0.2, 0) is 11.3 Å². The van der Waals surface area contributed by atoms with Crippen molar-refractivity contribution < 1.29 is 4.74 Å². The molecule has 0 aromatic carbocycles. The summed E-state index contributed by atoms with van der Waals surface area (Å²) in [5.41, 5.74) is 1.14. The number of nitrogens with zero attached hydrogens (tertiary/aromatic N) is 1. The fraction of sp³-hybridized carbons (Fsp3) is 0.643. The Morgan fingerprint density at radius 3 is 3.00 bits per heavy atom. The van der Waals surface area contributed by atoms with Crippen LogP contribution in [0.3, 0.4) is 0 Å². The number of nitrogens with one attached hydrogen (secondary N) is 1. The van der Waals surface area contributed by atoms with E-state index in [-0.39, 0.29) is 12.4 Å². The van der Waals surface area contributed by atoms with E-state index in [1.165, 1.54) is 32.4 Å². The first-order chi connectivity index (χ1) is 8.84. The van der Waals surface area contributed by atoms with Gasteiger partial charge in [-0.25, -0.2) is 4.98 Å². The summed E-state index contributed by atoms with van der Waals surface area (Å²) < 4.78 is 6.55. The predicted octanol–water partition coefficient (Wildman–Crippen LogP) is 3.56. The molecule has 3 nitrogen and oxygen atoms in total. The van der Waals surface area contributed by atoms with E-state index < -0.39 is 0 Å². The molecule has 19 heavy (non-hydrogen) atoms. The van der Waals surface area contributed by atoms with Gasteiger partial charge in [0.2, 0.25) is 0 Å². The van der Waals surface area contributed by atoms with Gasteiger partial charge < -0.3 is 10.1 Å². The van der Waals surface area contributed by atoms with Gasteiger partial charge in [-0.1, -0.05) is 6.07 Å². The zero-order chi connectivity index (χ0) is 12.6. The van der Waals surface area contributed by atoms with Crippen molar-refractivity contribution in [3.05, 3.63) is 28.5 Å². The second-order valence-corrected chi connectivity index (χ2v) is 5.71. The predicted molar refractivity (Wildman–Crippen MR) is 83.7 cm³/mol. The molecule has 1 atom stereocenters. The summed E-state index contributed by atoms with van der Waals surface area (Å²) >= 11 is 3.32. The average Bonchev–Trinajstić information content (AvgIpc) is 2.42. The van der Waals surface area contributed by atoms with Gasteiger partial charge in [0.15, 0.2) is 0 Å². The van der Waals surface area contributed by atoms with Crippen molar-refractivity contribution in [3.63, 3.8) is 0 Å². The van der Waals surface area contributed by atoms with E-state index in [4.69, 9.17) is 4.74 Å². The SMILES string of the molecule is Brc1ccc(COCCCC2CCCNC2)cn1.Cl. The van der Waals surface area contributed by atoms with Gasteiger partial charge in [0.25, 0.3) is 0 Å². The lowest BCUT2D eigenvalue weighted by Gasteiger charge is -2.22. The number of pyridine rings is 1. The van der Waals surface area contributed by atoms with E-state index in [0.29, 0.717) is 6.61 Å². The molecule has 0 aliphatic carbocycles. The first-order valence-corrected chi connectivity index (χ1v) is 7.53. The van der Waals surface area contributed by atoms with Crippen LogP contribution in [-0.4, -0.2) is 24.7 Å². The zero-order valence-electron chi connectivity index (χ0n) is 11.1. The van der Waals surface area contributed by atoms with E-state index in [9.17, 15) is 0 Å². The fourth-order valence-corrected chi connectivity index (χ4v) is 2.56. The Labute approximate surface area is 130 Å². The van der Waals surface area contributed by atoms with Crippen molar-refractivity contribution >= 4 is 28.3 Å². The highest BCUT2D eigenvalue weighted by atomic mass is 79.9. The lowest BCUT2D eigenvalue weighted by molar-refractivity contribution is 0.112. The molecule has 2 heterocycles. The number of aromatic nitrogens is 1. The zero-order valence-corrected chi connectivity index (χ0v) is 13.5. The van der Waals surface area contributed by atoms with Gasteiger partial charge in [-0.15, -0.1) is 12.4 Å². The van der Waals surface area contributed by atoms with Gasteiger partial charge in [0.05, 0.1) is 6.61 Å². The molecule has 1 unspecified atom stereocenters. The Morgan fingerprint density at radius 2 is 2.32 bits per heavy atom. The van der Waals surface area contributed by atoms with E-state index in [1.807, 2.05) is 18.3 Å². The molecule has 1 aromatic rings. The Balaban J connectivity index is 0.00000180. The summed E-state index contributed by atoms with van der Waals surface area (Å²) in [6.07, 6.45) is 7.01. The van der Waals surface area contributed by atoms with Crippen molar-refractivity contribution in [2.45, 2.75) is 32.3 Å². The van der Waals surface area contributed by atoms with E-state index in [0.717, 1.165) is 29.1 Å². The van der Waals surface area contributed by atoms with Crippen LogP contribution in [0.4, 0.5) is 0 Å². The van der Waals surface area contributed by atoms with Crippen molar-refractivity contribution in [2.75, 3.05) is 19.7 Å². The van der Waals surface area contributed by atoms with E-state index in [1.54, 1.807) is 0 Å². The summed E-state index contributed by atoms with van der Waals surface area (Å²) in [6, 6.07) is 3.99. The largest absolute Gasteiger partial charge is 0.377 e. The molecular formula is C14H22BrClN2O. The molecule has 1 saturated heterocycles. The van der Waals surface area contributed by atoms with Crippen LogP contribution in [0.5, 0.6) is 0 Å². The summed E-state index contributed by atoms with van der Waals surface area (Å²) in [5.74, 6) is 0.858. The smallest absolute Gasteiger partial charge is 0.106 e. The van der Waals surface area contributed by atoms with Gasteiger partial charge >= 0.3 is 0 Å². The summed E-state index contributed by atoms with van der Waals surface area (Å²) in [5, 5.41) is 3.45. The molecule has 1 aliphatic heterocycles. The van der Waals surface area contributed by atoms with Crippen LogP contribution >= 0.6 is 28.3 Å². The quantitative estimate of drug-likeness (QED) is 0.630. The minimum Gasteiger partial charge on any atom is -0.377 e. The third-order valence-corrected chi connectivity index (χ3v) is 3.83. The van der Waals surface area contributed by atoms with Gasteiger partial charge in [0.1, 0.15) is 4.60 Å². The number of rotatable bonds is 6. The minimum atomic E-state index is 0. The molecule has 5 heteroatoms. The number of hydrogen-bond donors (Lipinski definition) is 1. The third kappa shape index (κ3) is 6.70. The van der Waals surface area contributed by atoms with E-state index in [2.05, 4.69) is 26.2 Å². The number of ether oxygens (including phenoxy) is 1. The highest BCUT2D eigenvalue weighted by molar-refractivity contribution is 9.10. The maximum Gasteiger partial charge on any atom is 0.106 e. The minimum absolute atomic E-state index is 0. The molecule has 1 aromatic heterocycles. The van der Waals surface area contributed by atoms with Gasteiger partial charge in [-0.3, -0.25) is 0 Å². The average molecular weight is 350 g/mol. The van der Waals surface area contributed by atoms with Crippen molar-refractivity contribution in [3.8, 4) is 0 Å². The van der Waals surface area contributed by atoms with Gasteiger partial charge in [-0.05, 0) is 72.3 Å². The first kappa shape index (κ1) is 16.9. The lowest BCUT2D eigenvalue weighted by Crippen LogP contribution is -2.29. The molecule has 0 bridgehead atoms. The number of halogens is 2. The molecule has 2 rings (SSSR count). The fourth-order valence-electron chi connectivity index (χ4n) is 2.33.